The predicted molar refractivity (Wildman–Crippen MR) is 106 cm³/mol. The minimum Gasteiger partial charge on any atom is -0.346 e. The van der Waals surface area contributed by atoms with Crippen LogP contribution in [0, 0.1) is 19.8 Å². The number of para-hydroxylation sites is 1. The van der Waals surface area contributed by atoms with Gasteiger partial charge in [-0.2, -0.15) is 0 Å². The van der Waals surface area contributed by atoms with Gasteiger partial charge >= 0.3 is 0 Å². The van der Waals surface area contributed by atoms with Gasteiger partial charge in [0, 0.05) is 5.69 Å². The summed E-state index contributed by atoms with van der Waals surface area (Å²) in [6.07, 6.45) is 0.890. The number of benzene rings is 2. The van der Waals surface area contributed by atoms with E-state index in [1.54, 1.807) is 0 Å². The van der Waals surface area contributed by atoms with Crippen molar-refractivity contribution in [3.05, 3.63) is 65.2 Å². The van der Waals surface area contributed by atoms with E-state index in [1.807, 2.05) is 62.4 Å². The first-order chi connectivity index (χ1) is 12.4. The molecule has 2 aromatic carbocycles. The van der Waals surface area contributed by atoms with Crippen LogP contribution in [0.3, 0.4) is 0 Å². The number of rotatable bonds is 7. The Kier molecular flexibility index (Phi) is 6.96. The molecule has 0 saturated heterocycles. The zero-order chi connectivity index (χ0) is 19.1. The lowest BCUT2D eigenvalue weighted by atomic mass is 9.85. The van der Waals surface area contributed by atoms with Crippen molar-refractivity contribution in [1.29, 1.82) is 0 Å². The second kappa shape index (κ2) is 9.18. The Hall–Kier alpha value is -2.62. The fourth-order valence-electron chi connectivity index (χ4n) is 3.11. The van der Waals surface area contributed by atoms with Gasteiger partial charge in [0.15, 0.2) is 0 Å². The van der Waals surface area contributed by atoms with Crippen molar-refractivity contribution in [1.82, 2.24) is 5.32 Å². The van der Waals surface area contributed by atoms with E-state index in [9.17, 15) is 9.59 Å². The minimum absolute atomic E-state index is 0.0353. The van der Waals surface area contributed by atoms with E-state index >= 15 is 0 Å². The minimum atomic E-state index is -0.255. The standard InChI is InChI=1S/C22H28N2O2/c1-5-15(2)20(18-12-7-6-8-13-18)22(26)23-14-19(25)24-21-16(3)10-9-11-17(21)4/h6-13,15,20H,5,14H2,1-4H3,(H,23,26)(H,24,25). The molecule has 4 nitrogen and oxygen atoms in total. The summed E-state index contributed by atoms with van der Waals surface area (Å²) in [4.78, 5) is 25.0. The van der Waals surface area contributed by atoms with Crippen molar-refractivity contribution < 1.29 is 9.59 Å². The molecule has 0 radical (unpaired) electrons. The average Bonchev–Trinajstić information content (AvgIpc) is 2.64. The van der Waals surface area contributed by atoms with Gasteiger partial charge in [-0.05, 0) is 36.5 Å². The largest absolute Gasteiger partial charge is 0.346 e. The van der Waals surface area contributed by atoms with Crippen LogP contribution in [0.5, 0.6) is 0 Å². The molecule has 2 aromatic rings. The number of hydrogen-bond acceptors (Lipinski definition) is 2. The summed E-state index contributed by atoms with van der Waals surface area (Å²) < 4.78 is 0. The molecule has 0 bridgehead atoms. The van der Waals surface area contributed by atoms with Gasteiger partial charge in [0.1, 0.15) is 0 Å². The van der Waals surface area contributed by atoms with Crippen molar-refractivity contribution in [3.8, 4) is 0 Å². The molecule has 2 N–H and O–H groups in total. The number of anilines is 1. The molecule has 2 amide bonds. The Labute approximate surface area is 156 Å². The molecule has 0 heterocycles. The van der Waals surface area contributed by atoms with Gasteiger partial charge in [0.25, 0.3) is 0 Å². The van der Waals surface area contributed by atoms with E-state index in [2.05, 4.69) is 24.5 Å². The van der Waals surface area contributed by atoms with Gasteiger partial charge < -0.3 is 10.6 Å². The van der Waals surface area contributed by atoms with E-state index in [4.69, 9.17) is 0 Å². The first-order valence-electron chi connectivity index (χ1n) is 9.12. The van der Waals surface area contributed by atoms with Crippen LogP contribution in [0.4, 0.5) is 5.69 Å². The zero-order valence-corrected chi connectivity index (χ0v) is 16.0. The molecule has 138 valence electrons. The maximum atomic E-state index is 12.7. The second-order valence-corrected chi connectivity index (χ2v) is 6.81. The first kappa shape index (κ1) is 19.7. The van der Waals surface area contributed by atoms with Gasteiger partial charge in [-0.15, -0.1) is 0 Å². The highest BCUT2D eigenvalue weighted by Gasteiger charge is 2.26. The SMILES string of the molecule is CCC(C)C(C(=O)NCC(=O)Nc1c(C)cccc1C)c1ccccc1. The maximum absolute atomic E-state index is 12.7. The average molecular weight is 352 g/mol. The highest BCUT2D eigenvalue weighted by atomic mass is 16.2. The van der Waals surface area contributed by atoms with Gasteiger partial charge in [-0.3, -0.25) is 9.59 Å². The predicted octanol–water partition coefficient (Wildman–Crippen LogP) is 4.19. The van der Waals surface area contributed by atoms with Crippen LogP contribution in [0.1, 0.15) is 42.9 Å². The van der Waals surface area contributed by atoms with Crippen molar-refractivity contribution in [2.24, 2.45) is 5.92 Å². The second-order valence-electron chi connectivity index (χ2n) is 6.81. The Morgan fingerprint density at radius 2 is 1.58 bits per heavy atom. The number of hydrogen-bond donors (Lipinski definition) is 2. The molecular weight excluding hydrogens is 324 g/mol. The summed E-state index contributed by atoms with van der Waals surface area (Å²) >= 11 is 0. The number of aryl methyl sites for hydroxylation is 2. The van der Waals surface area contributed by atoms with Crippen LogP contribution in [-0.2, 0) is 9.59 Å². The highest BCUT2D eigenvalue weighted by molar-refractivity contribution is 5.96. The molecule has 0 saturated carbocycles. The maximum Gasteiger partial charge on any atom is 0.243 e. The van der Waals surface area contributed by atoms with Crippen molar-refractivity contribution in [3.63, 3.8) is 0 Å². The number of carbonyl (C=O) groups excluding carboxylic acids is 2. The van der Waals surface area contributed by atoms with Crippen LogP contribution in [0.25, 0.3) is 0 Å². The Morgan fingerprint density at radius 3 is 2.15 bits per heavy atom. The summed E-state index contributed by atoms with van der Waals surface area (Å²) in [5.74, 6) is -0.387. The van der Waals surface area contributed by atoms with Crippen LogP contribution in [0.2, 0.25) is 0 Å². The smallest absolute Gasteiger partial charge is 0.243 e. The Bertz CT molecular complexity index is 736. The third kappa shape index (κ3) is 4.94. The molecule has 0 aromatic heterocycles. The number of carbonyl (C=O) groups is 2. The molecule has 0 spiro atoms. The molecular formula is C22H28N2O2. The molecule has 0 aliphatic rings. The van der Waals surface area contributed by atoms with Crippen LogP contribution >= 0.6 is 0 Å². The topological polar surface area (TPSA) is 58.2 Å². The summed E-state index contributed by atoms with van der Waals surface area (Å²) in [5, 5.41) is 5.71. The number of amides is 2. The Balaban J connectivity index is 2.02. The van der Waals surface area contributed by atoms with Gasteiger partial charge in [0.2, 0.25) is 11.8 Å². The molecule has 2 rings (SSSR count). The van der Waals surface area contributed by atoms with E-state index < -0.39 is 0 Å². The quantitative estimate of drug-likeness (QED) is 0.785. The molecule has 2 unspecified atom stereocenters. The molecule has 0 aliphatic carbocycles. The third-order valence-corrected chi connectivity index (χ3v) is 4.82. The normalized spacial score (nSPS) is 12.9. The van der Waals surface area contributed by atoms with Crippen LogP contribution in [0.15, 0.2) is 48.5 Å². The van der Waals surface area contributed by atoms with Crippen LogP contribution < -0.4 is 10.6 Å². The van der Waals surface area contributed by atoms with E-state index in [0.717, 1.165) is 28.8 Å². The molecule has 0 aliphatic heterocycles. The van der Waals surface area contributed by atoms with E-state index in [0.29, 0.717) is 0 Å². The van der Waals surface area contributed by atoms with Crippen LogP contribution in [-0.4, -0.2) is 18.4 Å². The summed E-state index contributed by atoms with van der Waals surface area (Å²) in [6.45, 7) is 8.01. The summed E-state index contributed by atoms with van der Waals surface area (Å²) in [5.41, 5.74) is 3.81. The lowest BCUT2D eigenvalue weighted by molar-refractivity contribution is -0.126. The first-order valence-corrected chi connectivity index (χ1v) is 9.12. The highest BCUT2D eigenvalue weighted by Crippen LogP contribution is 2.27. The van der Waals surface area contributed by atoms with Gasteiger partial charge in [-0.25, -0.2) is 0 Å². The zero-order valence-electron chi connectivity index (χ0n) is 16.0. The van der Waals surface area contributed by atoms with Gasteiger partial charge in [-0.1, -0.05) is 68.8 Å². The van der Waals surface area contributed by atoms with Crippen molar-refractivity contribution in [2.75, 3.05) is 11.9 Å². The fraction of sp³-hybridized carbons (Fsp3) is 0.364. The summed E-state index contributed by atoms with van der Waals surface area (Å²) in [7, 11) is 0. The molecule has 4 heteroatoms. The molecule has 26 heavy (non-hydrogen) atoms. The molecule has 2 atom stereocenters. The lowest BCUT2D eigenvalue weighted by Gasteiger charge is -2.22. The van der Waals surface area contributed by atoms with Gasteiger partial charge in [0.05, 0.1) is 12.5 Å². The monoisotopic (exact) mass is 352 g/mol. The van der Waals surface area contributed by atoms with E-state index in [-0.39, 0.29) is 30.2 Å². The summed E-state index contributed by atoms with van der Waals surface area (Å²) in [6, 6.07) is 15.6. The fourth-order valence-corrected chi connectivity index (χ4v) is 3.11. The third-order valence-electron chi connectivity index (χ3n) is 4.82. The van der Waals surface area contributed by atoms with E-state index in [1.165, 1.54) is 0 Å². The number of nitrogens with one attached hydrogen (secondary N) is 2. The van der Waals surface area contributed by atoms with Crippen molar-refractivity contribution in [2.45, 2.75) is 40.0 Å². The van der Waals surface area contributed by atoms with Crippen molar-refractivity contribution >= 4 is 17.5 Å². The Morgan fingerprint density at radius 1 is 0.962 bits per heavy atom. The lowest BCUT2D eigenvalue weighted by Crippen LogP contribution is -2.38. The molecule has 0 fully saturated rings.